The highest BCUT2D eigenvalue weighted by molar-refractivity contribution is 5.76. The summed E-state index contributed by atoms with van der Waals surface area (Å²) in [5, 5.41) is 23.1. The highest BCUT2D eigenvalue weighted by atomic mass is 16.5. The number of carbonyl (C=O) groups is 2. The molecule has 2 atom stereocenters. The fraction of sp³-hybridized carbons (Fsp3) is 0.937. The molecule has 0 rings (SSSR count). The van der Waals surface area contributed by atoms with Gasteiger partial charge in [-0.2, -0.15) is 0 Å². The van der Waals surface area contributed by atoms with Crippen LogP contribution < -0.4 is 5.32 Å². The third-order valence-corrected chi connectivity index (χ3v) is 14.8. The average Bonchev–Trinajstić information content (AvgIpc) is 3.35. The first kappa shape index (κ1) is 67.6. The van der Waals surface area contributed by atoms with Crippen LogP contribution in [0.3, 0.4) is 0 Å². The molecule has 0 aliphatic rings. The number of hydrogen-bond donors (Lipinski definition) is 3. The van der Waals surface area contributed by atoms with Crippen LogP contribution in [0.4, 0.5) is 0 Å². The van der Waals surface area contributed by atoms with Crippen molar-refractivity contribution in [3.8, 4) is 0 Å². The Bertz CT molecular complexity index is 1030. The van der Waals surface area contributed by atoms with Gasteiger partial charge < -0.3 is 20.3 Å². The number of aliphatic hydroxyl groups is 2. The number of esters is 1. The monoisotopic (exact) mass is 974 g/mol. The molecule has 0 aromatic rings. The molecule has 3 N–H and O–H groups in total. The number of rotatable bonds is 59. The maximum absolute atomic E-state index is 12.4. The first-order valence-corrected chi connectivity index (χ1v) is 31.4. The molecular formula is C63H123NO5. The Labute approximate surface area is 431 Å². The van der Waals surface area contributed by atoms with Crippen LogP contribution in [0.2, 0.25) is 0 Å². The largest absolute Gasteiger partial charge is 0.466 e. The molecule has 1 amide bonds. The Morgan fingerprint density at radius 3 is 1.03 bits per heavy atom. The smallest absolute Gasteiger partial charge is 0.305 e. The van der Waals surface area contributed by atoms with Gasteiger partial charge in [0.15, 0.2) is 0 Å². The van der Waals surface area contributed by atoms with Crippen LogP contribution >= 0.6 is 0 Å². The van der Waals surface area contributed by atoms with Gasteiger partial charge in [-0.25, -0.2) is 0 Å². The second-order valence-electron chi connectivity index (χ2n) is 21.7. The summed E-state index contributed by atoms with van der Waals surface area (Å²) >= 11 is 0. The van der Waals surface area contributed by atoms with Gasteiger partial charge in [-0.3, -0.25) is 9.59 Å². The lowest BCUT2D eigenvalue weighted by atomic mass is 10.0. The van der Waals surface area contributed by atoms with Crippen molar-refractivity contribution in [1.29, 1.82) is 0 Å². The maximum atomic E-state index is 12.4. The molecule has 6 nitrogen and oxygen atoms in total. The van der Waals surface area contributed by atoms with E-state index in [0.717, 1.165) is 44.9 Å². The summed E-state index contributed by atoms with van der Waals surface area (Å²) in [6.45, 7) is 4.95. The quantitative estimate of drug-likeness (QED) is 0.0321. The van der Waals surface area contributed by atoms with Crippen molar-refractivity contribution >= 4 is 11.9 Å². The third kappa shape index (κ3) is 55.8. The van der Waals surface area contributed by atoms with Crippen molar-refractivity contribution in [3.63, 3.8) is 0 Å². The number of hydrogen-bond acceptors (Lipinski definition) is 5. The van der Waals surface area contributed by atoms with Gasteiger partial charge in [0, 0.05) is 12.8 Å². The van der Waals surface area contributed by atoms with E-state index in [9.17, 15) is 19.8 Å². The summed E-state index contributed by atoms with van der Waals surface area (Å²) in [6.07, 6.45) is 71.0. The molecule has 0 heterocycles. The Hall–Kier alpha value is -1.40. The van der Waals surface area contributed by atoms with Gasteiger partial charge in [0.2, 0.25) is 5.91 Å². The molecular weight excluding hydrogens is 851 g/mol. The van der Waals surface area contributed by atoms with Crippen molar-refractivity contribution in [2.75, 3.05) is 13.2 Å². The van der Waals surface area contributed by atoms with E-state index in [4.69, 9.17) is 4.74 Å². The van der Waals surface area contributed by atoms with E-state index in [1.807, 2.05) is 0 Å². The number of aliphatic hydroxyl groups excluding tert-OH is 2. The Kier molecular flexibility index (Phi) is 58.0. The summed E-state index contributed by atoms with van der Waals surface area (Å²) in [4.78, 5) is 24.5. The van der Waals surface area contributed by atoms with Crippen LogP contribution in [0.1, 0.15) is 354 Å². The average molecular weight is 975 g/mol. The molecule has 0 fully saturated rings. The second-order valence-corrected chi connectivity index (χ2v) is 21.7. The van der Waals surface area contributed by atoms with Crippen molar-refractivity contribution in [1.82, 2.24) is 5.32 Å². The molecule has 0 aliphatic heterocycles. The molecule has 6 heteroatoms. The number of ether oxygens (including phenoxy) is 1. The van der Waals surface area contributed by atoms with E-state index >= 15 is 0 Å². The van der Waals surface area contributed by atoms with Crippen LogP contribution in [0, 0.1) is 0 Å². The van der Waals surface area contributed by atoms with Gasteiger partial charge in [0.25, 0.3) is 0 Å². The molecule has 0 aliphatic carbocycles. The van der Waals surface area contributed by atoms with E-state index in [1.165, 1.54) is 276 Å². The molecule has 2 unspecified atom stereocenters. The molecule has 0 spiro atoms. The molecule has 0 saturated heterocycles. The minimum atomic E-state index is -0.659. The number of unbranched alkanes of at least 4 members (excludes halogenated alkanes) is 46. The number of amides is 1. The van der Waals surface area contributed by atoms with Crippen molar-refractivity contribution in [2.24, 2.45) is 0 Å². The number of allylic oxidation sites excluding steroid dienone is 2. The minimum Gasteiger partial charge on any atom is -0.466 e. The predicted octanol–water partition coefficient (Wildman–Crippen LogP) is 19.6. The lowest BCUT2D eigenvalue weighted by Crippen LogP contribution is -2.45. The Balaban J connectivity index is 3.30. The maximum Gasteiger partial charge on any atom is 0.305 e. The standard InChI is InChI=1S/C63H123NO5/c1-3-5-7-9-11-13-14-15-16-31-34-37-41-45-49-53-57-63(68)69-58-54-50-46-42-38-35-32-29-27-25-23-21-19-17-18-20-22-24-26-28-30-33-36-40-44-48-52-56-62(67)64-60(59-65)61(66)55-51-47-43-39-12-10-8-6-4-2/h16,31,60-61,65-66H,3-15,17-30,32-59H2,1-2H3,(H,64,67)/b31-16-. The summed E-state index contributed by atoms with van der Waals surface area (Å²) in [5.41, 5.74) is 0. The lowest BCUT2D eigenvalue weighted by Gasteiger charge is -2.22. The van der Waals surface area contributed by atoms with E-state index in [0.29, 0.717) is 25.9 Å². The van der Waals surface area contributed by atoms with Gasteiger partial charge in [-0.15, -0.1) is 0 Å². The number of nitrogens with one attached hydrogen (secondary N) is 1. The van der Waals surface area contributed by atoms with Gasteiger partial charge in [-0.1, -0.05) is 302 Å². The third-order valence-electron chi connectivity index (χ3n) is 14.8. The fourth-order valence-corrected chi connectivity index (χ4v) is 9.99. The Morgan fingerprint density at radius 2 is 0.681 bits per heavy atom. The van der Waals surface area contributed by atoms with Gasteiger partial charge in [0.1, 0.15) is 0 Å². The predicted molar refractivity (Wildman–Crippen MR) is 301 cm³/mol. The first-order chi connectivity index (χ1) is 34.0. The molecule has 0 aromatic carbocycles. The fourth-order valence-electron chi connectivity index (χ4n) is 9.99. The molecule has 410 valence electrons. The summed E-state index contributed by atoms with van der Waals surface area (Å²) < 4.78 is 5.49. The van der Waals surface area contributed by atoms with Crippen molar-refractivity contribution in [3.05, 3.63) is 12.2 Å². The molecule has 0 aromatic heterocycles. The van der Waals surface area contributed by atoms with Crippen LogP contribution in [-0.2, 0) is 14.3 Å². The van der Waals surface area contributed by atoms with Crippen LogP contribution in [0.25, 0.3) is 0 Å². The highest BCUT2D eigenvalue weighted by Gasteiger charge is 2.20. The van der Waals surface area contributed by atoms with E-state index in [2.05, 4.69) is 31.3 Å². The molecule has 69 heavy (non-hydrogen) atoms. The molecule has 0 bridgehead atoms. The van der Waals surface area contributed by atoms with Gasteiger partial charge >= 0.3 is 5.97 Å². The van der Waals surface area contributed by atoms with Crippen LogP contribution in [0.5, 0.6) is 0 Å². The van der Waals surface area contributed by atoms with E-state index < -0.39 is 12.1 Å². The van der Waals surface area contributed by atoms with E-state index in [-0.39, 0.29) is 18.5 Å². The molecule has 0 radical (unpaired) electrons. The summed E-state index contributed by atoms with van der Waals surface area (Å²) in [7, 11) is 0. The first-order valence-electron chi connectivity index (χ1n) is 31.4. The summed E-state index contributed by atoms with van der Waals surface area (Å²) in [6, 6.07) is -0.536. The molecule has 0 saturated carbocycles. The van der Waals surface area contributed by atoms with Gasteiger partial charge in [0.05, 0.1) is 25.4 Å². The van der Waals surface area contributed by atoms with Crippen LogP contribution in [0.15, 0.2) is 12.2 Å². The van der Waals surface area contributed by atoms with Crippen molar-refractivity contribution < 1.29 is 24.5 Å². The zero-order chi connectivity index (χ0) is 50.0. The Morgan fingerprint density at radius 1 is 0.391 bits per heavy atom. The minimum absolute atomic E-state index is 0.0111. The van der Waals surface area contributed by atoms with Crippen LogP contribution in [-0.4, -0.2) is 47.4 Å². The van der Waals surface area contributed by atoms with Crippen molar-refractivity contribution in [2.45, 2.75) is 366 Å². The topological polar surface area (TPSA) is 95.9 Å². The van der Waals surface area contributed by atoms with E-state index in [1.54, 1.807) is 0 Å². The van der Waals surface area contributed by atoms with Gasteiger partial charge in [-0.05, 0) is 51.4 Å². The zero-order valence-corrected chi connectivity index (χ0v) is 46.8. The normalized spacial score (nSPS) is 12.6. The summed E-state index contributed by atoms with van der Waals surface area (Å²) in [5.74, 6) is -0.0221. The SMILES string of the molecule is CCCCCCCCC/C=C\CCCCCCCC(=O)OCCCCCCCCCCCCCCCCCCCCCCCCCCCCCC(=O)NC(CO)C(O)CCCCCCCCCCC. The second kappa shape index (κ2) is 59.2. The number of carbonyl (C=O) groups excluding carboxylic acids is 2. The highest BCUT2D eigenvalue weighted by Crippen LogP contribution is 2.18. The lowest BCUT2D eigenvalue weighted by molar-refractivity contribution is -0.143. The zero-order valence-electron chi connectivity index (χ0n) is 46.8.